The van der Waals surface area contributed by atoms with Gasteiger partial charge in [0.05, 0.1) is 4.90 Å². The van der Waals surface area contributed by atoms with E-state index < -0.39 is 10.0 Å². The number of aryl methyl sites for hydroxylation is 1. The van der Waals surface area contributed by atoms with E-state index in [1.54, 1.807) is 0 Å². The van der Waals surface area contributed by atoms with Crippen molar-refractivity contribution in [3.05, 3.63) is 42.0 Å². The van der Waals surface area contributed by atoms with Gasteiger partial charge in [-0.05, 0) is 76.2 Å². The largest absolute Gasteiger partial charge is 0.354 e. The number of fused-ring (bicyclic) bond motifs is 1. The van der Waals surface area contributed by atoms with Crippen LogP contribution in [0.25, 0.3) is 10.8 Å². The van der Waals surface area contributed by atoms with Gasteiger partial charge in [-0.15, -0.1) is 0 Å². The highest BCUT2D eigenvalue weighted by Crippen LogP contribution is 2.30. The van der Waals surface area contributed by atoms with Gasteiger partial charge in [0, 0.05) is 30.1 Å². The van der Waals surface area contributed by atoms with Crippen LogP contribution < -0.4 is 20.7 Å². The lowest BCUT2D eigenvalue weighted by molar-refractivity contribution is 0.323. The summed E-state index contributed by atoms with van der Waals surface area (Å²) < 4.78 is 29.8. The number of anilines is 3. The fourth-order valence-corrected chi connectivity index (χ4v) is 6.72. The van der Waals surface area contributed by atoms with Gasteiger partial charge >= 0.3 is 0 Å². The second-order valence-corrected chi connectivity index (χ2v) is 12.3. The number of sulfonamides is 1. The van der Waals surface area contributed by atoms with Crippen molar-refractivity contribution < 1.29 is 8.42 Å². The molecule has 5 rings (SSSR count). The van der Waals surface area contributed by atoms with Crippen molar-refractivity contribution in [3.63, 3.8) is 0 Å². The fraction of sp³-hybridized carbons (Fsp3) is 0.519. The van der Waals surface area contributed by atoms with Gasteiger partial charge in [0.2, 0.25) is 27.9 Å². The summed E-state index contributed by atoms with van der Waals surface area (Å²) in [5, 5.41) is 11.7. The van der Waals surface area contributed by atoms with Crippen LogP contribution in [0.4, 0.5) is 17.8 Å². The minimum atomic E-state index is -3.62. The van der Waals surface area contributed by atoms with Crippen molar-refractivity contribution in [1.82, 2.24) is 19.7 Å². The summed E-state index contributed by atoms with van der Waals surface area (Å²) in [4.78, 5) is 14.0. The summed E-state index contributed by atoms with van der Waals surface area (Å²) in [6.45, 7) is 6.71. The third-order valence-electron chi connectivity index (χ3n) is 7.03. The van der Waals surface area contributed by atoms with Crippen LogP contribution in [0.15, 0.2) is 41.3 Å². The fourth-order valence-electron chi connectivity index (χ4n) is 4.96. The molecule has 1 aromatic heterocycles. The lowest BCUT2D eigenvalue weighted by Crippen LogP contribution is -2.38. The summed E-state index contributed by atoms with van der Waals surface area (Å²) in [6, 6.07) is 12.1. The second-order valence-electron chi connectivity index (χ2n) is 10.7. The highest BCUT2D eigenvalue weighted by Gasteiger charge is 2.28. The Morgan fingerprint density at radius 3 is 2.27 bits per heavy atom. The second kappa shape index (κ2) is 10.8. The molecule has 0 unspecified atom stereocenters. The van der Waals surface area contributed by atoms with Crippen molar-refractivity contribution in [2.75, 3.05) is 22.5 Å². The molecule has 37 heavy (non-hydrogen) atoms. The Kier molecular flexibility index (Phi) is 7.48. The normalized spacial score (nSPS) is 20.2. The molecule has 4 N–H and O–H groups in total. The molecule has 0 amide bonds. The number of rotatable bonds is 10. The van der Waals surface area contributed by atoms with Crippen LogP contribution in [-0.2, 0) is 10.0 Å². The minimum Gasteiger partial charge on any atom is -0.354 e. The van der Waals surface area contributed by atoms with Crippen LogP contribution in [0, 0.1) is 12.8 Å². The van der Waals surface area contributed by atoms with Gasteiger partial charge in [0.15, 0.2) is 0 Å². The van der Waals surface area contributed by atoms with Crippen LogP contribution in [0.1, 0.15) is 57.9 Å². The maximum atomic E-state index is 13.4. The Balaban J connectivity index is 1.18. The van der Waals surface area contributed by atoms with Crippen molar-refractivity contribution in [2.45, 2.75) is 82.3 Å². The van der Waals surface area contributed by atoms with Gasteiger partial charge in [-0.2, -0.15) is 15.0 Å². The lowest BCUT2D eigenvalue weighted by atomic mass is 9.86. The monoisotopic (exact) mass is 523 g/mol. The number of hydrogen-bond donors (Lipinski definition) is 4. The maximum Gasteiger partial charge on any atom is 0.241 e. The van der Waals surface area contributed by atoms with Gasteiger partial charge in [0.1, 0.15) is 0 Å². The highest BCUT2D eigenvalue weighted by atomic mass is 32.2. The van der Waals surface area contributed by atoms with E-state index in [0.717, 1.165) is 61.4 Å². The number of nitrogens with one attached hydrogen (secondary N) is 4. The molecule has 3 aromatic rings. The number of benzene rings is 2. The standard InChI is InChI=1S/C27H37N7O2S/c1-17(2)29-26-31-25(32-27(33-26)30-21-14-15-21)28-16-19-9-12-22(13-10-19)34-37(35,36)24-18(3)8-11-20-6-4-5-7-23(20)24/h4-8,11,17,19,21-22,34H,9-10,12-16H2,1-3H3,(H3,28,29,30,31,32,33). The van der Waals surface area contributed by atoms with Crippen molar-refractivity contribution in [2.24, 2.45) is 5.92 Å². The first-order valence-electron chi connectivity index (χ1n) is 13.3. The molecule has 2 aliphatic carbocycles. The van der Waals surface area contributed by atoms with E-state index in [-0.39, 0.29) is 12.1 Å². The number of hydrogen-bond acceptors (Lipinski definition) is 8. The molecule has 0 radical (unpaired) electrons. The van der Waals surface area contributed by atoms with Gasteiger partial charge in [0.25, 0.3) is 0 Å². The maximum absolute atomic E-state index is 13.4. The van der Waals surface area contributed by atoms with Gasteiger partial charge in [-0.3, -0.25) is 0 Å². The van der Waals surface area contributed by atoms with Gasteiger partial charge < -0.3 is 16.0 Å². The third kappa shape index (κ3) is 6.48. The molecular formula is C27H37N7O2S. The Morgan fingerprint density at radius 2 is 1.54 bits per heavy atom. The van der Waals surface area contributed by atoms with E-state index in [9.17, 15) is 8.42 Å². The van der Waals surface area contributed by atoms with E-state index in [1.807, 2.05) is 43.3 Å². The van der Waals surface area contributed by atoms with Crippen LogP contribution in [0.2, 0.25) is 0 Å². The molecule has 2 aromatic carbocycles. The minimum absolute atomic E-state index is 0.0621. The summed E-state index contributed by atoms with van der Waals surface area (Å²) >= 11 is 0. The molecule has 1 heterocycles. The van der Waals surface area contributed by atoms with E-state index >= 15 is 0 Å². The smallest absolute Gasteiger partial charge is 0.241 e. The average Bonchev–Trinajstić information content (AvgIpc) is 3.66. The first-order valence-corrected chi connectivity index (χ1v) is 14.8. The van der Waals surface area contributed by atoms with E-state index in [0.29, 0.717) is 34.7 Å². The molecule has 0 saturated heterocycles. The zero-order valence-electron chi connectivity index (χ0n) is 21.8. The first-order chi connectivity index (χ1) is 17.8. The molecule has 2 saturated carbocycles. The molecule has 2 fully saturated rings. The van der Waals surface area contributed by atoms with Gasteiger partial charge in [-0.25, -0.2) is 13.1 Å². The molecule has 198 valence electrons. The van der Waals surface area contributed by atoms with Crippen LogP contribution in [0.5, 0.6) is 0 Å². The molecule has 9 nitrogen and oxygen atoms in total. The van der Waals surface area contributed by atoms with E-state index in [2.05, 4.69) is 49.5 Å². The predicted molar refractivity (Wildman–Crippen MR) is 148 cm³/mol. The third-order valence-corrected chi connectivity index (χ3v) is 8.75. The Hall–Kier alpha value is -2.98. The molecule has 0 atom stereocenters. The quantitative estimate of drug-likeness (QED) is 0.302. The average molecular weight is 524 g/mol. The summed E-state index contributed by atoms with van der Waals surface area (Å²) in [6.07, 6.45) is 5.78. The highest BCUT2D eigenvalue weighted by molar-refractivity contribution is 7.89. The molecule has 10 heteroatoms. The molecule has 0 bridgehead atoms. The zero-order valence-corrected chi connectivity index (χ0v) is 22.6. The summed E-state index contributed by atoms with van der Waals surface area (Å²) in [7, 11) is -3.62. The Labute approximate surface area is 219 Å². The van der Waals surface area contributed by atoms with Crippen molar-refractivity contribution >= 4 is 38.6 Å². The molecule has 0 aliphatic heterocycles. The summed E-state index contributed by atoms with van der Waals surface area (Å²) in [5.74, 6) is 2.16. The predicted octanol–water partition coefficient (Wildman–Crippen LogP) is 4.68. The number of aromatic nitrogens is 3. The van der Waals surface area contributed by atoms with Crippen LogP contribution >= 0.6 is 0 Å². The SMILES string of the molecule is Cc1ccc2ccccc2c1S(=O)(=O)NC1CCC(CNc2nc(NC(C)C)nc(NC3CC3)n2)CC1. The molecular weight excluding hydrogens is 486 g/mol. The van der Waals surface area contributed by atoms with Crippen molar-refractivity contribution in [1.29, 1.82) is 0 Å². The number of nitrogens with zero attached hydrogens (tertiary/aromatic N) is 3. The van der Waals surface area contributed by atoms with Gasteiger partial charge in [-0.1, -0.05) is 36.4 Å². The van der Waals surface area contributed by atoms with Crippen LogP contribution in [-0.4, -0.2) is 48.0 Å². The first kappa shape index (κ1) is 25.7. The molecule has 2 aliphatic rings. The Bertz CT molecular complexity index is 1330. The Morgan fingerprint density at radius 1 is 0.865 bits per heavy atom. The van der Waals surface area contributed by atoms with E-state index in [4.69, 9.17) is 0 Å². The molecule has 0 spiro atoms. The zero-order chi connectivity index (χ0) is 26.0. The summed E-state index contributed by atoms with van der Waals surface area (Å²) in [5.41, 5.74) is 0.767. The topological polar surface area (TPSA) is 121 Å². The van der Waals surface area contributed by atoms with Crippen molar-refractivity contribution in [3.8, 4) is 0 Å². The lowest BCUT2D eigenvalue weighted by Gasteiger charge is -2.29. The van der Waals surface area contributed by atoms with Crippen LogP contribution in [0.3, 0.4) is 0 Å². The van der Waals surface area contributed by atoms with E-state index in [1.165, 1.54) is 0 Å².